The van der Waals surface area contributed by atoms with Gasteiger partial charge in [0.25, 0.3) is 5.91 Å². The number of nitrogens with one attached hydrogen (secondary N) is 1. The molecule has 0 aliphatic carbocycles. The van der Waals surface area contributed by atoms with Gasteiger partial charge in [-0.15, -0.1) is 0 Å². The number of nitrogens with zero attached hydrogens (tertiary/aromatic N) is 1. The molecule has 1 aromatic heterocycles. The van der Waals surface area contributed by atoms with E-state index in [2.05, 4.69) is 5.32 Å². The first-order valence-electron chi connectivity index (χ1n) is 6.28. The Morgan fingerprint density at radius 3 is 2.55 bits per heavy atom. The molecule has 0 unspecified atom stereocenters. The number of esters is 1. The molecule has 2 rings (SSSR count). The van der Waals surface area contributed by atoms with Crippen molar-refractivity contribution in [3.8, 4) is 0 Å². The Kier molecular flexibility index (Phi) is 5.21. The van der Waals surface area contributed by atoms with Gasteiger partial charge in [-0.2, -0.15) is 0 Å². The minimum atomic E-state index is -0.580. The van der Waals surface area contributed by atoms with Crippen LogP contribution in [-0.4, -0.2) is 23.3 Å². The second kappa shape index (κ2) is 7.32. The number of thiophene rings is 1. The van der Waals surface area contributed by atoms with E-state index in [-0.39, 0.29) is 23.0 Å². The largest absolute Gasteiger partial charge is 0.460 e. The molecular formula is C14H12N2O5S. The van der Waals surface area contributed by atoms with Crippen molar-refractivity contribution >= 4 is 28.2 Å². The molecule has 2 aromatic rings. The molecule has 0 saturated carbocycles. The van der Waals surface area contributed by atoms with Gasteiger partial charge in [0, 0.05) is 6.07 Å². The van der Waals surface area contributed by atoms with E-state index in [0.29, 0.717) is 0 Å². The molecule has 1 N–H and O–H groups in total. The zero-order valence-corrected chi connectivity index (χ0v) is 12.2. The average molecular weight is 320 g/mol. The Hall–Kier alpha value is -2.74. The summed E-state index contributed by atoms with van der Waals surface area (Å²) in [5.41, 5.74) is 0.844. The van der Waals surface area contributed by atoms with E-state index >= 15 is 0 Å². The molecule has 0 aliphatic rings. The summed E-state index contributed by atoms with van der Waals surface area (Å²) in [5, 5.41) is 12.8. The maximum Gasteiger partial charge on any atom is 0.325 e. The van der Waals surface area contributed by atoms with Crippen LogP contribution in [0.15, 0.2) is 42.5 Å². The van der Waals surface area contributed by atoms with Gasteiger partial charge in [-0.1, -0.05) is 41.7 Å². The lowest BCUT2D eigenvalue weighted by Crippen LogP contribution is -2.30. The number of ether oxygens (including phenoxy) is 1. The van der Waals surface area contributed by atoms with Gasteiger partial charge in [0.05, 0.1) is 9.80 Å². The Labute approximate surface area is 129 Å². The van der Waals surface area contributed by atoms with Gasteiger partial charge >= 0.3 is 11.0 Å². The molecule has 114 valence electrons. The van der Waals surface area contributed by atoms with Crippen molar-refractivity contribution in [1.29, 1.82) is 0 Å². The molecule has 22 heavy (non-hydrogen) atoms. The van der Waals surface area contributed by atoms with Gasteiger partial charge < -0.3 is 10.1 Å². The first-order chi connectivity index (χ1) is 10.6. The summed E-state index contributed by atoms with van der Waals surface area (Å²) in [7, 11) is 0. The van der Waals surface area contributed by atoms with E-state index in [1.807, 2.05) is 30.3 Å². The third-order valence-electron chi connectivity index (χ3n) is 2.63. The Bertz CT molecular complexity index is 684. The smallest absolute Gasteiger partial charge is 0.325 e. The van der Waals surface area contributed by atoms with Crippen LogP contribution in [-0.2, 0) is 16.1 Å². The molecule has 1 amide bonds. The Morgan fingerprint density at radius 2 is 1.91 bits per heavy atom. The quantitative estimate of drug-likeness (QED) is 0.499. The average Bonchev–Trinajstić information content (AvgIpc) is 3.02. The van der Waals surface area contributed by atoms with Crippen LogP contribution in [0.3, 0.4) is 0 Å². The molecule has 0 bridgehead atoms. The lowest BCUT2D eigenvalue weighted by molar-refractivity contribution is -0.380. The molecule has 0 saturated heterocycles. The standard InChI is InChI=1S/C14H12N2O5S/c17-13(21-9-10-4-2-1-3-5-10)8-15-14(18)11-6-7-12(22-11)16(19)20/h1-7H,8-9H2,(H,15,18). The van der Waals surface area contributed by atoms with Crippen LogP contribution in [0.4, 0.5) is 5.00 Å². The lowest BCUT2D eigenvalue weighted by Gasteiger charge is -2.05. The molecule has 1 heterocycles. The number of hydrogen-bond acceptors (Lipinski definition) is 6. The summed E-state index contributed by atoms with van der Waals surface area (Å²) in [6.45, 7) is -0.169. The third-order valence-corrected chi connectivity index (χ3v) is 3.67. The summed E-state index contributed by atoms with van der Waals surface area (Å²) in [6.07, 6.45) is 0. The van der Waals surface area contributed by atoms with E-state index < -0.39 is 16.8 Å². The van der Waals surface area contributed by atoms with Crippen LogP contribution in [0.25, 0.3) is 0 Å². The first-order valence-corrected chi connectivity index (χ1v) is 7.10. The summed E-state index contributed by atoms with van der Waals surface area (Å²) in [4.78, 5) is 33.4. The molecule has 0 aliphatic heterocycles. The number of hydrogen-bond donors (Lipinski definition) is 1. The fourth-order valence-electron chi connectivity index (χ4n) is 1.58. The number of carbonyl (C=O) groups is 2. The van der Waals surface area contributed by atoms with Crippen LogP contribution in [0.1, 0.15) is 15.2 Å². The number of amides is 1. The van der Waals surface area contributed by atoms with Gasteiger partial charge in [0.2, 0.25) is 0 Å². The second-order valence-electron chi connectivity index (χ2n) is 4.22. The predicted molar refractivity (Wildman–Crippen MR) is 79.5 cm³/mol. The molecule has 0 fully saturated rings. The Morgan fingerprint density at radius 1 is 1.18 bits per heavy atom. The van der Waals surface area contributed by atoms with E-state index in [1.54, 1.807) is 0 Å². The van der Waals surface area contributed by atoms with Crippen molar-refractivity contribution in [2.75, 3.05) is 6.54 Å². The van der Waals surface area contributed by atoms with Crippen molar-refractivity contribution in [1.82, 2.24) is 5.32 Å². The number of rotatable bonds is 6. The van der Waals surface area contributed by atoms with Crippen LogP contribution in [0.2, 0.25) is 0 Å². The SMILES string of the molecule is O=C(CNC(=O)c1ccc([N+](=O)[O-])s1)OCc1ccccc1. The van der Waals surface area contributed by atoms with Gasteiger partial charge in [0.1, 0.15) is 13.2 Å². The van der Waals surface area contributed by atoms with Crippen molar-refractivity contribution < 1.29 is 19.2 Å². The second-order valence-corrected chi connectivity index (χ2v) is 5.29. The molecule has 1 aromatic carbocycles. The highest BCUT2D eigenvalue weighted by Crippen LogP contribution is 2.23. The van der Waals surface area contributed by atoms with Crippen LogP contribution in [0.5, 0.6) is 0 Å². The number of nitro groups is 1. The highest BCUT2D eigenvalue weighted by Gasteiger charge is 2.16. The van der Waals surface area contributed by atoms with Crippen molar-refractivity contribution in [2.24, 2.45) is 0 Å². The molecular weight excluding hydrogens is 308 g/mol. The minimum absolute atomic E-state index is 0.125. The van der Waals surface area contributed by atoms with E-state index in [1.165, 1.54) is 12.1 Å². The van der Waals surface area contributed by atoms with Gasteiger partial charge in [-0.05, 0) is 11.6 Å². The molecule has 7 nitrogen and oxygen atoms in total. The Balaban J connectivity index is 1.78. The van der Waals surface area contributed by atoms with Crippen LogP contribution in [0, 0.1) is 10.1 Å². The van der Waals surface area contributed by atoms with E-state index in [0.717, 1.165) is 16.9 Å². The summed E-state index contributed by atoms with van der Waals surface area (Å²) in [5.74, 6) is -1.13. The van der Waals surface area contributed by atoms with Crippen molar-refractivity contribution in [2.45, 2.75) is 6.61 Å². The third kappa shape index (κ3) is 4.38. The lowest BCUT2D eigenvalue weighted by atomic mass is 10.2. The normalized spacial score (nSPS) is 10.0. The summed E-state index contributed by atoms with van der Waals surface area (Å²) in [6, 6.07) is 11.7. The van der Waals surface area contributed by atoms with Gasteiger partial charge in [-0.3, -0.25) is 19.7 Å². The maximum atomic E-state index is 11.7. The molecule has 0 atom stereocenters. The molecule has 8 heteroatoms. The van der Waals surface area contributed by atoms with Crippen molar-refractivity contribution in [3.63, 3.8) is 0 Å². The van der Waals surface area contributed by atoms with E-state index in [4.69, 9.17) is 4.74 Å². The van der Waals surface area contributed by atoms with Gasteiger partial charge in [0.15, 0.2) is 0 Å². The maximum absolute atomic E-state index is 11.7. The number of benzene rings is 1. The summed E-state index contributed by atoms with van der Waals surface area (Å²) >= 11 is 0.748. The fourth-order valence-corrected chi connectivity index (χ4v) is 2.31. The first kappa shape index (κ1) is 15.6. The van der Waals surface area contributed by atoms with E-state index in [9.17, 15) is 19.7 Å². The fraction of sp³-hybridized carbons (Fsp3) is 0.143. The topological polar surface area (TPSA) is 98.5 Å². The van der Waals surface area contributed by atoms with Crippen molar-refractivity contribution in [3.05, 3.63) is 63.0 Å². The van der Waals surface area contributed by atoms with Crippen LogP contribution >= 0.6 is 11.3 Å². The zero-order chi connectivity index (χ0) is 15.9. The highest BCUT2D eigenvalue weighted by molar-refractivity contribution is 7.17. The monoisotopic (exact) mass is 320 g/mol. The van der Waals surface area contributed by atoms with Crippen LogP contribution < -0.4 is 5.32 Å². The molecule has 0 spiro atoms. The predicted octanol–water partition coefficient (Wildman–Crippen LogP) is 2.13. The molecule has 0 radical (unpaired) electrons. The number of carbonyl (C=O) groups excluding carboxylic acids is 2. The van der Waals surface area contributed by atoms with Gasteiger partial charge in [-0.25, -0.2) is 0 Å². The summed E-state index contributed by atoms with van der Waals surface area (Å²) < 4.78 is 5.00. The minimum Gasteiger partial charge on any atom is -0.460 e. The highest BCUT2D eigenvalue weighted by atomic mass is 32.1. The zero-order valence-electron chi connectivity index (χ0n) is 11.4.